The van der Waals surface area contributed by atoms with E-state index in [0.717, 1.165) is 25.0 Å². The zero-order chi connectivity index (χ0) is 17.4. The van der Waals surface area contributed by atoms with Crippen molar-refractivity contribution in [2.75, 3.05) is 0 Å². The molecule has 25 heavy (non-hydrogen) atoms. The molecule has 2 amide bonds. The van der Waals surface area contributed by atoms with Gasteiger partial charge in [0.1, 0.15) is 0 Å². The molecule has 0 unspecified atom stereocenters. The molecule has 2 atom stereocenters. The number of nitrogens with one attached hydrogen (secondary N) is 2. The van der Waals surface area contributed by atoms with E-state index in [1.165, 1.54) is 11.1 Å². The Balaban J connectivity index is 1.54. The van der Waals surface area contributed by atoms with Crippen LogP contribution in [0.5, 0.6) is 0 Å². The lowest BCUT2D eigenvalue weighted by Gasteiger charge is -2.33. The van der Waals surface area contributed by atoms with Crippen LogP contribution < -0.4 is 10.6 Å². The number of piperidine rings is 1. The van der Waals surface area contributed by atoms with Crippen LogP contribution in [0.15, 0.2) is 30.5 Å². The van der Waals surface area contributed by atoms with Gasteiger partial charge in [-0.15, -0.1) is 0 Å². The van der Waals surface area contributed by atoms with Gasteiger partial charge in [-0.25, -0.2) is 0 Å². The maximum atomic E-state index is 12.7. The molecule has 130 valence electrons. The third kappa shape index (κ3) is 3.04. The van der Waals surface area contributed by atoms with Crippen LogP contribution in [0.3, 0.4) is 0 Å². The SMILES string of the molecule is Cn1nccc1[C@@H]1NC(=O)CC[C@H]1NC(=O)c1ccc2c(c1)CCC2. The zero-order valence-corrected chi connectivity index (χ0v) is 14.3. The summed E-state index contributed by atoms with van der Waals surface area (Å²) in [5.41, 5.74) is 4.23. The molecular formula is C19H22N4O2. The molecule has 6 nitrogen and oxygen atoms in total. The topological polar surface area (TPSA) is 76.0 Å². The van der Waals surface area contributed by atoms with E-state index in [4.69, 9.17) is 0 Å². The Labute approximate surface area is 146 Å². The predicted molar refractivity (Wildman–Crippen MR) is 93.0 cm³/mol. The first-order valence-corrected chi connectivity index (χ1v) is 8.82. The van der Waals surface area contributed by atoms with Crippen LogP contribution in [-0.4, -0.2) is 27.6 Å². The molecule has 0 saturated carbocycles. The zero-order valence-electron chi connectivity index (χ0n) is 14.3. The van der Waals surface area contributed by atoms with Crippen LogP contribution in [0.4, 0.5) is 0 Å². The Hall–Kier alpha value is -2.63. The molecule has 1 saturated heterocycles. The average Bonchev–Trinajstić information content (AvgIpc) is 3.24. The molecular weight excluding hydrogens is 316 g/mol. The van der Waals surface area contributed by atoms with E-state index in [9.17, 15) is 9.59 Å². The van der Waals surface area contributed by atoms with Crippen molar-refractivity contribution in [1.82, 2.24) is 20.4 Å². The Kier molecular flexibility index (Phi) is 4.03. The summed E-state index contributed by atoms with van der Waals surface area (Å²) in [5.74, 6) is -0.0720. The van der Waals surface area contributed by atoms with E-state index in [-0.39, 0.29) is 23.9 Å². The number of fused-ring (bicyclic) bond motifs is 1. The Morgan fingerprint density at radius 1 is 1.24 bits per heavy atom. The highest BCUT2D eigenvalue weighted by Gasteiger charge is 2.33. The smallest absolute Gasteiger partial charge is 0.251 e. The fourth-order valence-corrected chi connectivity index (χ4v) is 3.89. The lowest BCUT2D eigenvalue weighted by molar-refractivity contribution is -0.123. The monoisotopic (exact) mass is 338 g/mol. The van der Waals surface area contributed by atoms with Crippen LogP contribution in [0, 0.1) is 0 Å². The first-order chi connectivity index (χ1) is 12.1. The highest BCUT2D eigenvalue weighted by Crippen LogP contribution is 2.25. The van der Waals surface area contributed by atoms with Crippen molar-refractivity contribution in [3.63, 3.8) is 0 Å². The van der Waals surface area contributed by atoms with Crippen molar-refractivity contribution < 1.29 is 9.59 Å². The standard InChI is InChI=1S/C19H22N4O2/c1-23-16(9-10-20-23)18-15(7-8-17(24)22-18)21-19(25)14-6-5-12-3-2-4-13(12)11-14/h5-6,9-11,15,18H,2-4,7-8H2,1H3,(H,21,25)(H,22,24)/t15-,18-/m1/s1. The molecule has 1 fully saturated rings. The molecule has 2 heterocycles. The Bertz CT molecular complexity index is 827. The van der Waals surface area contributed by atoms with Gasteiger partial charge in [0.25, 0.3) is 5.91 Å². The molecule has 0 bridgehead atoms. The van der Waals surface area contributed by atoms with Crippen molar-refractivity contribution in [3.05, 3.63) is 52.8 Å². The third-order valence-electron chi connectivity index (χ3n) is 5.26. The van der Waals surface area contributed by atoms with Gasteiger partial charge >= 0.3 is 0 Å². The van der Waals surface area contributed by atoms with Gasteiger partial charge in [0.05, 0.1) is 17.8 Å². The van der Waals surface area contributed by atoms with Crippen molar-refractivity contribution >= 4 is 11.8 Å². The fourth-order valence-electron chi connectivity index (χ4n) is 3.89. The summed E-state index contributed by atoms with van der Waals surface area (Å²) in [7, 11) is 1.84. The van der Waals surface area contributed by atoms with Crippen LogP contribution in [0.25, 0.3) is 0 Å². The lowest BCUT2D eigenvalue weighted by atomic mass is 9.94. The molecule has 0 radical (unpaired) electrons. The van der Waals surface area contributed by atoms with Gasteiger partial charge in [0.2, 0.25) is 5.91 Å². The molecule has 6 heteroatoms. The normalized spacial score (nSPS) is 22.4. The first-order valence-electron chi connectivity index (χ1n) is 8.82. The minimum atomic E-state index is -0.257. The number of hydrogen-bond acceptors (Lipinski definition) is 3. The molecule has 1 aromatic carbocycles. The Morgan fingerprint density at radius 2 is 2.08 bits per heavy atom. The lowest BCUT2D eigenvalue weighted by Crippen LogP contribution is -2.50. The van der Waals surface area contributed by atoms with Crippen molar-refractivity contribution in [1.29, 1.82) is 0 Å². The maximum absolute atomic E-state index is 12.7. The fraction of sp³-hybridized carbons (Fsp3) is 0.421. The molecule has 2 N–H and O–H groups in total. The summed E-state index contributed by atoms with van der Waals surface area (Å²) < 4.78 is 1.74. The molecule has 2 aliphatic rings. The van der Waals surface area contributed by atoms with Crippen LogP contribution in [-0.2, 0) is 24.7 Å². The summed E-state index contributed by atoms with van der Waals surface area (Å²) in [5, 5.41) is 10.3. The number of carbonyl (C=O) groups is 2. The van der Waals surface area contributed by atoms with E-state index in [1.54, 1.807) is 10.9 Å². The number of nitrogens with zero attached hydrogens (tertiary/aromatic N) is 2. The van der Waals surface area contributed by atoms with Gasteiger partial charge in [-0.2, -0.15) is 5.10 Å². The number of rotatable bonds is 3. The van der Waals surface area contributed by atoms with Gasteiger partial charge in [0.15, 0.2) is 0 Å². The summed E-state index contributed by atoms with van der Waals surface area (Å²) in [6, 6.07) is 7.46. The Morgan fingerprint density at radius 3 is 2.88 bits per heavy atom. The van der Waals surface area contributed by atoms with Gasteiger partial charge < -0.3 is 10.6 Å². The summed E-state index contributed by atoms with van der Waals surface area (Å²) in [4.78, 5) is 24.6. The second-order valence-electron chi connectivity index (χ2n) is 6.88. The number of aromatic nitrogens is 2. The number of benzene rings is 1. The number of aryl methyl sites for hydroxylation is 3. The molecule has 0 spiro atoms. The van der Waals surface area contributed by atoms with E-state index >= 15 is 0 Å². The van der Waals surface area contributed by atoms with Gasteiger partial charge in [0, 0.05) is 25.2 Å². The summed E-state index contributed by atoms with van der Waals surface area (Å²) in [6.07, 6.45) is 6.07. The molecule has 4 rings (SSSR count). The predicted octanol–water partition coefficient (Wildman–Crippen LogP) is 1.66. The van der Waals surface area contributed by atoms with Gasteiger partial charge in [-0.3, -0.25) is 14.3 Å². The van der Waals surface area contributed by atoms with Crippen molar-refractivity contribution in [2.24, 2.45) is 7.05 Å². The molecule has 2 aromatic rings. The minimum Gasteiger partial charge on any atom is -0.347 e. The highest BCUT2D eigenvalue weighted by molar-refractivity contribution is 5.95. The van der Waals surface area contributed by atoms with Crippen molar-refractivity contribution in [3.8, 4) is 0 Å². The van der Waals surface area contributed by atoms with Gasteiger partial charge in [-0.1, -0.05) is 6.07 Å². The largest absolute Gasteiger partial charge is 0.347 e. The maximum Gasteiger partial charge on any atom is 0.251 e. The molecule has 1 aliphatic heterocycles. The highest BCUT2D eigenvalue weighted by atomic mass is 16.2. The number of hydrogen-bond donors (Lipinski definition) is 2. The van der Waals surface area contributed by atoms with Crippen LogP contribution in [0.1, 0.15) is 52.5 Å². The van der Waals surface area contributed by atoms with Crippen LogP contribution in [0.2, 0.25) is 0 Å². The summed E-state index contributed by atoms with van der Waals surface area (Å²) in [6.45, 7) is 0. The van der Waals surface area contributed by atoms with E-state index in [1.807, 2.05) is 25.2 Å². The van der Waals surface area contributed by atoms with E-state index in [0.29, 0.717) is 18.4 Å². The quantitative estimate of drug-likeness (QED) is 0.894. The minimum absolute atomic E-state index is 0.00855. The van der Waals surface area contributed by atoms with E-state index < -0.39 is 0 Å². The number of carbonyl (C=O) groups excluding carboxylic acids is 2. The van der Waals surface area contributed by atoms with Crippen molar-refractivity contribution in [2.45, 2.75) is 44.2 Å². The third-order valence-corrected chi connectivity index (χ3v) is 5.26. The van der Waals surface area contributed by atoms with E-state index in [2.05, 4.69) is 21.8 Å². The first kappa shape index (κ1) is 15.9. The molecule has 1 aromatic heterocycles. The van der Waals surface area contributed by atoms with Crippen LogP contribution >= 0.6 is 0 Å². The number of amides is 2. The average molecular weight is 338 g/mol. The van der Waals surface area contributed by atoms with Gasteiger partial charge in [-0.05, 0) is 55.0 Å². The summed E-state index contributed by atoms with van der Waals surface area (Å²) >= 11 is 0. The second-order valence-corrected chi connectivity index (χ2v) is 6.88. The molecule has 1 aliphatic carbocycles. The second kappa shape index (κ2) is 6.35.